The van der Waals surface area contributed by atoms with Gasteiger partial charge in [-0.3, -0.25) is 15.0 Å². The van der Waals surface area contributed by atoms with Gasteiger partial charge in [-0.25, -0.2) is 0 Å². The predicted octanol–water partition coefficient (Wildman–Crippen LogP) is 2.19. The second-order valence-electron chi connectivity index (χ2n) is 5.65. The van der Waals surface area contributed by atoms with E-state index in [0.29, 0.717) is 6.42 Å². The Morgan fingerprint density at radius 3 is 3.05 bits per heavy atom. The summed E-state index contributed by atoms with van der Waals surface area (Å²) in [5.41, 5.74) is 2.80. The van der Waals surface area contributed by atoms with Crippen molar-refractivity contribution in [3.8, 4) is 0 Å². The zero-order valence-electron chi connectivity index (χ0n) is 12.1. The van der Waals surface area contributed by atoms with Gasteiger partial charge in [-0.15, -0.1) is 0 Å². The maximum absolute atomic E-state index is 12.7. The van der Waals surface area contributed by atoms with Crippen LogP contribution in [0.4, 0.5) is 0 Å². The summed E-state index contributed by atoms with van der Waals surface area (Å²) in [6.07, 6.45) is 4.10. The molecule has 3 heterocycles. The van der Waals surface area contributed by atoms with Crippen LogP contribution in [0.5, 0.6) is 0 Å². The van der Waals surface area contributed by atoms with Crippen molar-refractivity contribution in [2.75, 3.05) is 6.54 Å². The fourth-order valence-electron chi connectivity index (χ4n) is 3.24. The predicted molar refractivity (Wildman–Crippen MR) is 82.1 cm³/mol. The molecule has 0 spiro atoms. The molecule has 1 atom stereocenters. The molecule has 3 aromatic rings. The van der Waals surface area contributed by atoms with Crippen molar-refractivity contribution in [2.24, 2.45) is 0 Å². The molecule has 1 aliphatic rings. The molecular weight excluding hydrogens is 278 g/mol. The minimum absolute atomic E-state index is 0.115. The first-order chi connectivity index (χ1) is 10.8. The van der Waals surface area contributed by atoms with Crippen LogP contribution in [0.2, 0.25) is 0 Å². The van der Waals surface area contributed by atoms with Crippen LogP contribution in [0.3, 0.4) is 0 Å². The van der Waals surface area contributed by atoms with Gasteiger partial charge in [-0.2, -0.15) is 10.2 Å². The highest BCUT2D eigenvalue weighted by atomic mass is 16.2. The van der Waals surface area contributed by atoms with E-state index in [4.69, 9.17) is 0 Å². The monoisotopic (exact) mass is 295 g/mol. The number of nitrogens with one attached hydrogen (secondary N) is 2. The number of nitrogens with zero attached hydrogens (tertiary/aromatic N) is 3. The summed E-state index contributed by atoms with van der Waals surface area (Å²) in [6.45, 7) is 0.800. The molecule has 6 nitrogen and oxygen atoms in total. The number of rotatable bonds is 3. The van der Waals surface area contributed by atoms with Crippen molar-refractivity contribution >= 4 is 16.8 Å². The number of carbonyl (C=O) groups is 1. The molecule has 1 amide bonds. The normalized spacial score (nSPS) is 18.2. The first kappa shape index (κ1) is 13.1. The summed E-state index contributed by atoms with van der Waals surface area (Å²) in [5.74, 6) is 0.131. The number of hydrogen-bond donors (Lipinski definition) is 2. The van der Waals surface area contributed by atoms with Gasteiger partial charge in [0.25, 0.3) is 0 Å². The Morgan fingerprint density at radius 1 is 1.27 bits per heavy atom. The Hall–Kier alpha value is -2.63. The third-order valence-electron chi connectivity index (χ3n) is 4.32. The third kappa shape index (κ3) is 2.16. The van der Waals surface area contributed by atoms with Gasteiger partial charge in [0.2, 0.25) is 5.91 Å². The highest BCUT2D eigenvalue weighted by Crippen LogP contribution is 2.31. The van der Waals surface area contributed by atoms with Crippen LogP contribution in [0.1, 0.15) is 30.3 Å². The zero-order chi connectivity index (χ0) is 14.9. The highest BCUT2D eigenvalue weighted by Gasteiger charge is 2.31. The molecule has 1 fully saturated rings. The molecule has 2 aromatic heterocycles. The van der Waals surface area contributed by atoms with E-state index < -0.39 is 0 Å². The fourth-order valence-corrected chi connectivity index (χ4v) is 3.24. The lowest BCUT2D eigenvalue weighted by molar-refractivity contribution is -0.131. The lowest BCUT2D eigenvalue weighted by Gasteiger charge is -2.23. The summed E-state index contributed by atoms with van der Waals surface area (Å²) < 4.78 is 0. The number of para-hydroxylation sites is 1. The number of aromatic nitrogens is 4. The fraction of sp³-hybridized carbons (Fsp3) is 0.312. The summed E-state index contributed by atoms with van der Waals surface area (Å²) in [7, 11) is 0. The quantitative estimate of drug-likeness (QED) is 0.777. The first-order valence-electron chi connectivity index (χ1n) is 7.53. The van der Waals surface area contributed by atoms with Crippen LogP contribution < -0.4 is 0 Å². The molecule has 2 N–H and O–H groups in total. The van der Waals surface area contributed by atoms with Crippen molar-refractivity contribution in [3.05, 3.63) is 47.9 Å². The molecule has 0 bridgehead atoms. The van der Waals surface area contributed by atoms with Gasteiger partial charge in [0, 0.05) is 18.1 Å². The van der Waals surface area contributed by atoms with E-state index in [2.05, 4.69) is 20.4 Å². The summed E-state index contributed by atoms with van der Waals surface area (Å²) in [4.78, 5) is 14.7. The van der Waals surface area contributed by atoms with Gasteiger partial charge in [0.05, 0.1) is 29.4 Å². The van der Waals surface area contributed by atoms with Gasteiger partial charge in [-0.05, 0) is 25.0 Å². The Kier molecular flexibility index (Phi) is 3.14. The van der Waals surface area contributed by atoms with Crippen molar-refractivity contribution in [1.29, 1.82) is 0 Å². The van der Waals surface area contributed by atoms with Crippen LogP contribution in [-0.2, 0) is 11.2 Å². The molecule has 0 radical (unpaired) electrons. The molecule has 0 aliphatic carbocycles. The van der Waals surface area contributed by atoms with Crippen LogP contribution in [0, 0.1) is 0 Å². The smallest absolute Gasteiger partial charge is 0.229 e. The number of H-pyrrole nitrogens is 2. The lowest BCUT2D eigenvalue weighted by Crippen LogP contribution is -2.32. The van der Waals surface area contributed by atoms with E-state index in [0.717, 1.165) is 41.7 Å². The maximum Gasteiger partial charge on any atom is 0.229 e. The van der Waals surface area contributed by atoms with Gasteiger partial charge >= 0.3 is 0 Å². The molecule has 22 heavy (non-hydrogen) atoms. The largest absolute Gasteiger partial charge is 0.334 e. The minimum Gasteiger partial charge on any atom is -0.334 e. The van der Waals surface area contributed by atoms with Crippen molar-refractivity contribution in [2.45, 2.75) is 25.3 Å². The molecular formula is C16H17N5O. The average molecular weight is 295 g/mol. The lowest BCUT2D eigenvalue weighted by atomic mass is 10.1. The number of carbonyl (C=O) groups excluding carboxylic acids is 1. The Balaban J connectivity index is 1.57. The first-order valence-corrected chi connectivity index (χ1v) is 7.53. The SMILES string of the molecule is O=C(Cc1[nH]nc2ccccc12)N1CCCC1c1ccn[nH]1. The van der Waals surface area contributed by atoms with Gasteiger partial charge < -0.3 is 4.90 Å². The van der Waals surface area contributed by atoms with E-state index >= 15 is 0 Å². The van der Waals surface area contributed by atoms with E-state index in [-0.39, 0.29) is 11.9 Å². The highest BCUT2D eigenvalue weighted by molar-refractivity contribution is 5.87. The number of likely N-dealkylation sites (tertiary alicyclic amines) is 1. The second-order valence-corrected chi connectivity index (χ2v) is 5.65. The molecule has 1 aliphatic heterocycles. The molecule has 4 rings (SSSR count). The second kappa shape index (κ2) is 5.29. The van der Waals surface area contributed by atoms with E-state index in [1.165, 1.54) is 0 Å². The van der Waals surface area contributed by atoms with Gasteiger partial charge in [0.15, 0.2) is 0 Å². The number of aromatic amines is 2. The maximum atomic E-state index is 12.7. The van der Waals surface area contributed by atoms with Crippen LogP contribution >= 0.6 is 0 Å². The standard InChI is InChI=1S/C16H17N5O/c22-16(10-14-11-4-1-2-5-12(11)19-20-14)21-9-3-6-15(21)13-7-8-17-18-13/h1-2,4-5,7-8,15H,3,6,9-10H2,(H,17,18)(H,19,20). The van der Waals surface area contributed by atoms with E-state index in [9.17, 15) is 4.79 Å². The van der Waals surface area contributed by atoms with Gasteiger partial charge in [-0.1, -0.05) is 18.2 Å². The zero-order valence-corrected chi connectivity index (χ0v) is 12.1. The van der Waals surface area contributed by atoms with Crippen molar-refractivity contribution in [3.63, 3.8) is 0 Å². The number of amides is 1. The van der Waals surface area contributed by atoms with Crippen molar-refractivity contribution < 1.29 is 4.79 Å². The van der Waals surface area contributed by atoms with Crippen LogP contribution in [-0.4, -0.2) is 37.7 Å². The Morgan fingerprint density at radius 2 is 2.18 bits per heavy atom. The molecule has 6 heteroatoms. The number of fused-ring (bicyclic) bond motifs is 1. The molecule has 1 unspecified atom stereocenters. The van der Waals surface area contributed by atoms with Crippen molar-refractivity contribution in [1.82, 2.24) is 25.3 Å². The van der Waals surface area contributed by atoms with Crippen LogP contribution in [0.25, 0.3) is 10.9 Å². The summed E-state index contributed by atoms with van der Waals surface area (Å²) >= 11 is 0. The third-order valence-corrected chi connectivity index (χ3v) is 4.32. The van der Waals surface area contributed by atoms with E-state index in [1.54, 1.807) is 6.20 Å². The molecule has 112 valence electrons. The summed E-state index contributed by atoms with van der Waals surface area (Å²) in [5, 5.41) is 15.3. The Labute approximate surface area is 127 Å². The van der Waals surface area contributed by atoms with E-state index in [1.807, 2.05) is 35.2 Å². The number of hydrogen-bond acceptors (Lipinski definition) is 3. The topological polar surface area (TPSA) is 77.7 Å². The average Bonchev–Trinajstić information content (AvgIpc) is 3.27. The molecule has 1 saturated heterocycles. The summed E-state index contributed by atoms with van der Waals surface area (Å²) in [6, 6.07) is 9.92. The number of benzene rings is 1. The molecule has 0 saturated carbocycles. The van der Waals surface area contributed by atoms with Gasteiger partial charge in [0.1, 0.15) is 0 Å². The Bertz CT molecular complexity index is 792. The molecule has 1 aromatic carbocycles. The minimum atomic E-state index is 0.115. The van der Waals surface area contributed by atoms with Crippen LogP contribution in [0.15, 0.2) is 36.5 Å².